The molecule has 0 atom stereocenters. The lowest BCUT2D eigenvalue weighted by Crippen LogP contribution is -2.44. The van der Waals surface area contributed by atoms with E-state index in [2.05, 4.69) is 10.2 Å². The van der Waals surface area contributed by atoms with Crippen LogP contribution < -0.4 is 5.32 Å². The molecule has 1 aliphatic rings. The first-order valence-corrected chi connectivity index (χ1v) is 6.53. The standard InChI is InChI=1S/C14H20F2N2/c15-14(16)11-13-3-1-12(2-4-13)5-8-18-9-6-17-7-10-18/h1-4,14,17H,5-11H2. The van der Waals surface area contributed by atoms with Crippen molar-refractivity contribution in [3.63, 3.8) is 0 Å². The maximum Gasteiger partial charge on any atom is 0.242 e. The predicted octanol–water partition coefficient (Wildman–Crippen LogP) is 1.94. The van der Waals surface area contributed by atoms with Crippen LogP contribution in [0.4, 0.5) is 8.78 Å². The lowest BCUT2D eigenvalue weighted by molar-refractivity contribution is 0.149. The normalized spacial score (nSPS) is 17.3. The monoisotopic (exact) mass is 254 g/mol. The summed E-state index contributed by atoms with van der Waals surface area (Å²) < 4.78 is 24.4. The fourth-order valence-electron chi connectivity index (χ4n) is 2.24. The lowest BCUT2D eigenvalue weighted by Gasteiger charge is -2.27. The predicted molar refractivity (Wildman–Crippen MR) is 69.2 cm³/mol. The van der Waals surface area contributed by atoms with Crippen molar-refractivity contribution in [3.8, 4) is 0 Å². The molecule has 2 rings (SSSR count). The van der Waals surface area contributed by atoms with Crippen LogP contribution in [0.3, 0.4) is 0 Å². The summed E-state index contributed by atoms with van der Waals surface area (Å²) in [6.07, 6.45) is -1.40. The van der Waals surface area contributed by atoms with E-state index in [1.165, 1.54) is 5.56 Å². The summed E-state index contributed by atoms with van der Waals surface area (Å²) in [6, 6.07) is 7.58. The number of nitrogens with one attached hydrogen (secondary N) is 1. The van der Waals surface area contributed by atoms with Gasteiger partial charge in [-0.15, -0.1) is 0 Å². The third-order valence-corrected chi connectivity index (χ3v) is 3.34. The van der Waals surface area contributed by atoms with Crippen molar-refractivity contribution in [2.45, 2.75) is 19.3 Å². The smallest absolute Gasteiger partial charge is 0.242 e. The molecule has 0 amide bonds. The van der Waals surface area contributed by atoms with Crippen molar-refractivity contribution >= 4 is 0 Å². The summed E-state index contributed by atoms with van der Waals surface area (Å²) in [6.45, 7) is 5.38. The lowest BCUT2D eigenvalue weighted by atomic mass is 10.1. The first kappa shape index (κ1) is 13.4. The first-order valence-electron chi connectivity index (χ1n) is 6.53. The average Bonchev–Trinajstić information content (AvgIpc) is 2.38. The third kappa shape index (κ3) is 4.35. The molecule has 1 N–H and O–H groups in total. The topological polar surface area (TPSA) is 15.3 Å². The molecule has 1 aromatic carbocycles. The molecule has 0 radical (unpaired) electrons. The van der Waals surface area contributed by atoms with Gasteiger partial charge in [-0.25, -0.2) is 8.78 Å². The molecule has 1 aromatic rings. The van der Waals surface area contributed by atoms with Gasteiger partial charge >= 0.3 is 0 Å². The van der Waals surface area contributed by atoms with Gasteiger partial charge in [0.25, 0.3) is 0 Å². The van der Waals surface area contributed by atoms with Crippen molar-refractivity contribution in [1.29, 1.82) is 0 Å². The minimum absolute atomic E-state index is 0.141. The molecule has 18 heavy (non-hydrogen) atoms. The van der Waals surface area contributed by atoms with Gasteiger partial charge in [0.15, 0.2) is 0 Å². The van der Waals surface area contributed by atoms with E-state index in [-0.39, 0.29) is 6.42 Å². The number of rotatable bonds is 5. The number of alkyl halides is 2. The van der Waals surface area contributed by atoms with Gasteiger partial charge in [-0.3, -0.25) is 0 Å². The molecule has 1 aliphatic heterocycles. The zero-order valence-corrected chi connectivity index (χ0v) is 10.5. The Labute approximate surface area is 107 Å². The van der Waals surface area contributed by atoms with Gasteiger partial charge in [0, 0.05) is 39.1 Å². The van der Waals surface area contributed by atoms with E-state index in [1.807, 2.05) is 24.3 Å². The van der Waals surface area contributed by atoms with E-state index < -0.39 is 6.43 Å². The van der Waals surface area contributed by atoms with Gasteiger partial charge in [0.1, 0.15) is 0 Å². The summed E-state index contributed by atoms with van der Waals surface area (Å²) in [5.41, 5.74) is 1.95. The van der Waals surface area contributed by atoms with Crippen LogP contribution in [0.25, 0.3) is 0 Å². The van der Waals surface area contributed by atoms with Crippen LogP contribution in [-0.2, 0) is 12.8 Å². The fraction of sp³-hybridized carbons (Fsp3) is 0.571. The average molecular weight is 254 g/mol. The molecule has 0 spiro atoms. The minimum Gasteiger partial charge on any atom is -0.314 e. The Morgan fingerprint density at radius 1 is 1.06 bits per heavy atom. The second-order valence-electron chi connectivity index (χ2n) is 4.75. The van der Waals surface area contributed by atoms with Crippen molar-refractivity contribution in [3.05, 3.63) is 35.4 Å². The second kappa shape index (κ2) is 6.81. The highest BCUT2D eigenvalue weighted by Gasteiger charge is 2.09. The summed E-state index contributed by atoms with van der Waals surface area (Å²) >= 11 is 0. The zero-order chi connectivity index (χ0) is 12.8. The molecule has 0 bridgehead atoms. The highest BCUT2D eigenvalue weighted by Crippen LogP contribution is 2.10. The zero-order valence-electron chi connectivity index (χ0n) is 10.5. The van der Waals surface area contributed by atoms with Crippen LogP contribution in [-0.4, -0.2) is 44.0 Å². The number of halogens is 2. The number of nitrogens with zero attached hydrogens (tertiary/aromatic N) is 1. The van der Waals surface area contributed by atoms with Gasteiger partial charge < -0.3 is 10.2 Å². The van der Waals surface area contributed by atoms with E-state index in [0.717, 1.165) is 44.7 Å². The van der Waals surface area contributed by atoms with E-state index >= 15 is 0 Å². The minimum atomic E-state index is -2.25. The van der Waals surface area contributed by atoms with E-state index in [1.54, 1.807) is 0 Å². The summed E-state index contributed by atoms with van der Waals surface area (Å²) in [5.74, 6) is 0. The Hall–Kier alpha value is -1.00. The van der Waals surface area contributed by atoms with Crippen molar-refractivity contribution in [1.82, 2.24) is 10.2 Å². The van der Waals surface area contributed by atoms with Gasteiger partial charge in [0.05, 0.1) is 0 Å². The van der Waals surface area contributed by atoms with Crippen LogP contribution in [0.2, 0.25) is 0 Å². The highest BCUT2D eigenvalue weighted by atomic mass is 19.3. The highest BCUT2D eigenvalue weighted by molar-refractivity contribution is 5.23. The van der Waals surface area contributed by atoms with Crippen LogP contribution in [0.5, 0.6) is 0 Å². The Bertz CT molecular complexity index is 345. The van der Waals surface area contributed by atoms with E-state index in [9.17, 15) is 8.78 Å². The molecule has 1 saturated heterocycles. The largest absolute Gasteiger partial charge is 0.314 e. The molecule has 0 saturated carbocycles. The SMILES string of the molecule is FC(F)Cc1ccc(CCN2CCNCC2)cc1. The number of hydrogen-bond acceptors (Lipinski definition) is 2. The molecular formula is C14H20F2N2. The van der Waals surface area contributed by atoms with Crippen LogP contribution in [0.15, 0.2) is 24.3 Å². The molecular weight excluding hydrogens is 234 g/mol. The summed E-state index contributed by atoms with van der Waals surface area (Å²) in [5, 5.41) is 3.33. The molecule has 100 valence electrons. The van der Waals surface area contributed by atoms with Crippen LogP contribution in [0.1, 0.15) is 11.1 Å². The molecule has 1 heterocycles. The Balaban J connectivity index is 1.78. The van der Waals surface area contributed by atoms with Crippen LogP contribution >= 0.6 is 0 Å². The van der Waals surface area contributed by atoms with Crippen molar-refractivity contribution < 1.29 is 8.78 Å². The number of piperazine rings is 1. The van der Waals surface area contributed by atoms with Gasteiger partial charge in [-0.1, -0.05) is 24.3 Å². The molecule has 2 nitrogen and oxygen atoms in total. The van der Waals surface area contributed by atoms with Gasteiger partial charge in [-0.2, -0.15) is 0 Å². The Morgan fingerprint density at radius 2 is 1.67 bits per heavy atom. The van der Waals surface area contributed by atoms with Crippen molar-refractivity contribution in [2.75, 3.05) is 32.7 Å². The summed E-state index contributed by atoms with van der Waals surface area (Å²) in [7, 11) is 0. The Morgan fingerprint density at radius 3 is 2.28 bits per heavy atom. The number of hydrogen-bond donors (Lipinski definition) is 1. The van der Waals surface area contributed by atoms with Crippen LogP contribution in [0, 0.1) is 0 Å². The molecule has 1 fully saturated rings. The molecule has 0 aromatic heterocycles. The third-order valence-electron chi connectivity index (χ3n) is 3.34. The second-order valence-corrected chi connectivity index (χ2v) is 4.75. The molecule has 0 unspecified atom stereocenters. The maximum absolute atomic E-state index is 12.2. The molecule has 0 aliphatic carbocycles. The quantitative estimate of drug-likeness (QED) is 0.864. The fourth-order valence-corrected chi connectivity index (χ4v) is 2.24. The van der Waals surface area contributed by atoms with Crippen molar-refractivity contribution in [2.24, 2.45) is 0 Å². The van der Waals surface area contributed by atoms with E-state index in [0.29, 0.717) is 0 Å². The van der Waals surface area contributed by atoms with E-state index in [4.69, 9.17) is 0 Å². The van der Waals surface area contributed by atoms with Gasteiger partial charge in [0.2, 0.25) is 6.43 Å². The van der Waals surface area contributed by atoms with Gasteiger partial charge in [-0.05, 0) is 17.5 Å². The number of benzene rings is 1. The Kier molecular flexibility index (Phi) is 5.08. The maximum atomic E-state index is 12.2. The summed E-state index contributed by atoms with van der Waals surface area (Å²) in [4.78, 5) is 2.43. The molecule has 4 heteroatoms. The first-order chi connectivity index (χ1) is 8.74.